The van der Waals surface area contributed by atoms with Crippen molar-refractivity contribution in [1.29, 1.82) is 0 Å². The number of methoxy groups -OCH3 is 1. The van der Waals surface area contributed by atoms with Gasteiger partial charge >= 0.3 is 6.18 Å². The molecule has 1 fully saturated rings. The summed E-state index contributed by atoms with van der Waals surface area (Å²) in [7, 11) is 3.07. The van der Waals surface area contributed by atoms with E-state index in [0.717, 1.165) is 35.9 Å². The van der Waals surface area contributed by atoms with Crippen LogP contribution in [0.15, 0.2) is 43.0 Å². The number of carbonyl (C=O) groups is 1. The third-order valence-corrected chi connectivity index (χ3v) is 7.50. The second kappa shape index (κ2) is 10.1. The fourth-order valence-electron chi connectivity index (χ4n) is 5.27. The van der Waals surface area contributed by atoms with Crippen molar-refractivity contribution in [3.05, 3.63) is 65.5 Å². The van der Waals surface area contributed by atoms with Crippen LogP contribution in [0.4, 0.5) is 19.0 Å². The number of aromatic nitrogens is 6. The second-order valence-electron chi connectivity index (χ2n) is 11.1. The summed E-state index contributed by atoms with van der Waals surface area (Å²) >= 11 is 0. The Hall–Kier alpha value is -4.55. The lowest BCUT2D eigenvalue weighted by Crippen LogP contribution is -2.42. The zero-order valence-corrected chi connectivity index (χ0v) is 23.5. The molecule has 1 saturated carbocycles. The van der Waals surface area contributed by atoms with Gasteiger partial charge in [-0.2, -0.15) is 13.2 Å². The summed E-state index contributed by atoms with van der Waals surface area (Å²) in [6, 6.07) is 7.07. The van der Waals surface area contributed by atoms with Crippen LogP contribution in [0.5, 0.6) is 5.88 Å². The van der Waals surface area contributed by atoms with E-state index in [4.69, 9.17) is 9.72 Å². The van der Waals surface area contributed by atoms with E-state index in [1.807, 2.05) is 30.9 Å². The number of ether oxygens (including phenoxy) is 1. The molecule has 218 valence electrons. The maximum absolute atomic E-state index is 13.2. The summed E-state index contributed by atoms with van der Waals surface area (Å²) in [6.07, 6.45) is 1.68. The summed E-state index contributed by atoms with van der Waals surface area (Å²) in [5.74, 6) is 1.70. The Kier molecular flexibility index (Phi) is 6.62. The maximum Gasteiger partial charge on any atom is 0.434 e. The van der Waals surface area contributed by atoms with Gasteiger partial charge in [0.1, 0.15) is 23.5 Å². The molecule has 0 bridgehead atoms. The number of imidazole rings is 1. The number of anilines is 1. The number of amides is 1. The highest BCUT2D eigenvalue weighted by atomic mass is 19.4. The highest BCUT2D eigenvalue weighted by Gasteiger charge is 2.37. The van der Waals surface area contributed by atoms with E-state index in [0.29, 0.717) is 41.1 Å². The first-order valence-corrected chi connectivity index (χ1v) is 13.5. The number of fused-ring (bicyclic) bond motifs is 1. The Morgan fingerprint density at radius 3 is 2.48 bits per heavy atom. The first-order valence-electron chi connectivity index (χ1n) is 13.5. The van der Waals surface area contributed by atoms with E-state index in [1.54, 1.807) is 25.4 Å². The van der Waals surface area contributed by atoms with Gasteiger partial charge in [0, 0.05) is 43.0 Å². The van der Waals surface area contributed by atoms with Crippen LogP contribution in [-0.2, 0) is 30.1 Å². The van der Waals surface area contributed by atoms with Crippen LogP contribution in [0.1, 0.15) is 55.1 Å². The molecule has 1 amide bonds. The van der Waals surface area contributed by atoms with Crippen molar-refractivity contribution in [3.8, 4) is 28.7 Å². The molecular formula is C29H29F3N8O2. The Balaban J connectivity index is 1.37. The van der Waals surface area contributed by atoms with Crippen molar-refractivity contribution in [2.24, 2.45) is 7.05 Å². The Morgan fingerprint density at radius 1 is 1.10 bits per heavy atom. The summed E-state index contributed by atoms with van der Waals surface area (Å²) in [4.78, 5) is 37.1. The quantitative estimate of drug-likeness (QED) is 0.353. The number of aryl methyl sites for hydroxylation is 1. The number of carbonyl (C=O) groups excluding carboxylic acids is 1. The fraction of sp³-hybridized carbons (Fsp3) is 0.379. The number of halogens is 3. The van der Waals surface area contributed by atoms with Crippen LogP contribution in [0.3, 0.4) is 0 Å². The number of benzene rings is 1. The van der Waals surface area contributed by atoms with E-state index >= 15 is 0 Å². The van der Waals surface area contributed by atoms with Gasteiger partial charge in [0.2, 0.25) is 11.8 Å². The van der Waals surface area contributed by atoms with Gasteiger partial charge in [-0.15, -0.1) is 0 Å². The summed E-state index contributed by atoms with van der Waals surface area (Å²) in [6.45, 7) is 4.16. The highest BCUT2D eigenvalue weighted by molar-refractivity contribution is 5.84. The van der Waals surface area contributed by atoms with Crippen molar-refractivity contribution in [1.82, 2.24) is 34.8 Å². The van der Waals surface area contributed by atoms with E-state index in [9.17, 15) is 18.0 Å². The van der Waals surface area contributed by atoms with E-state index in [1.165, 1.54) is 17.9 Å². The van der Waals surface area contributed by atoms with E-state index in [-0.39, 0.29) is 18.3 Å². The molecular weight excluding hydrogens is 549 g/mol. The molecule has 0 spiro atoms. The monoisotopic (exact) mass is 578 g/mol. The molecule has 3 aromatic heterocycles. The molecule has 4 aromatic rings. The predicted octanol–water partition coefficient (Wildman–Crippen LogP) is 4.61. The number of rotatable bonds is 6. The van der Waals surface area contributed by atoms with Gasteiger partial charge in [-0.3, -0.25) is 4.79 Å². The predicted molar refractivity (Wildman–Crippen MR) is 147 cm³/mol. The first kappa shape index (κ1) is 27.6. The minimum atomic E-state index is -4.53. The molecule has 1 N–H and O–H groups in total. The minimum Gasteiger partial charge on any atom is -0.480 e. The summed E-state index contributed by atoms with van der Waals surface area (Å²) < 4.78 is 46.4. The van der Waals surface area contributed by atoms with Crippen molar-refractivity contribution in [3.63, 3.8) is 0 Å². The van der Waals surface area contributed by atoms with Gasteiger partial charge in [0.05, 0.1) is 24.9 Å². The molecule has 0 saturated heterocycles. The van der Waals surface area contributed by atoms with Crippen molar-refractivity contribution in [2.75, 3.05) is 18.6 Å². The van der Waals surface area contributed by atoms with Crippen LogP contribution in [0.2, 0.25) is 0 Å². The summed E-state index contributed by atoms with van der Waals surface area (Å²) in [5.41, 5.74) is 1.92. The molecule has 1 aromatic carbocycles. The molecule has 13 heteroatoms. The zero-order chi connectivity index (χ0) is 29.8. The van der Waals surface area contributed by atoms with Gasteiger partial charge in [-0.25, -0.2) is 24.9 Å². The lowest BCUT2D eigenvalue weighted by atomic mass is 9.96. The van der Waals surface area contributed by atoms with Gasteiger partial charge in [0.15, 0.2) is 11.5 Å². The molecule has 0 unspecified atom stereocenters. The zero-order valence-electron chi connectivity index (χ0n) is 23.5. The van der Waals surface area contributed by atoms with Crippen LogP contribution < -0.4 is 15.0 Å². The van der Waals surface area contributed by atoms with Gasteiger partial charge < -0.3 is 19.5 Å². The van der Waals surface area contributed by atoms with Gasteiger partial charge in [-0.05, 0) is 32.3 Å². The largest absolute Gasteiger partial charge is 0.480 e. The molecule has 1 aliphatic carbocycles. The lowest BCUT2D eigenvalue weighted by molar-refractivity contribution is -0.140. The Bertz CT molecular complexity index is 1660. The standard InChI is InChI=1S/C29H29F3N8O2/c1-28(2)19-11-33-24(22-23(17-9-10-17)34-15-35-27(22)42-4)37-26(19)40(14-21(41)38-28)12-16-5-7-18(8-6-16)25-36-20(13-39(25)3)29(30,31)32/h5-8,11,13,15,17H,9-10,12,14H2,1-4H3,(H,38,41). The number of nitrogens with one attached hydrogen (secondary N) is 1. The molecule has 0 atom stereocenters. The normalized spacial score (nSPS) is 16.5. The van der Waals surface area contributed by atoms with Gasteiger partial charge in [-0.1, -0.05) is 24.3 Å². The van der Waals surface area contributed by atoms with Crippen LogP contribution in [0, 0.1) is 0 Å². The highest BCUT2D eigenvalue weighted by Crippen LogP contribution is 2.45. The molecule has 0 radical (unpaired) electrons. The van der Waals surface area contributed by atoms with Crippen LogP contribution in [-0.4, -0.2) is 49.0 Å². The molecule has 2 aliphatic rings. The van der Waals surface area contributed by atoms with Crippen molar-refractivity contribution >= 4 is 11.7 Å². The topological polar surface area (TPSA) is 111 Å². The minimum absolute atomic E-state index is 0.0425. The second-order valence-corrected chi connectivity index (χ2v) is 11.1. The van der Waals surface area contributed by atoms with Crippen molar-refractivity contribution in [2.45, 2.75) is 50.9 Å². The molecule has 6 rings (SSSR count). The number of alkyl halides is 3. The maximum atomic E-state index is 13.2. The lowest BCUT2D eigenvalue weighted by Gasteiger charge is -2.27. The Labute approximate surface area is 240 Å². The molecule has 10 nitrogen and oxygen atoms in total. The first-order chi connectivity index (χ1) is 19.9. The average molecular weight is 579 g/mol. The van der Waals surface area contributed by atoms with E-state index < -0.39 is 17.4 Å². The van der Waals surface area contributed by atoms with Crippen LogP contribution >= 0.6 is 0 Å². The average Bonchev–Trinajstić information content (AvgIpc) is 3.72. The molecule has 4 heterocycles. The molecule has 1 aliphatic heterocycles. The number of nitrogens with zero attached hydrogens (tertiary/aromatic N) is 7. The van der Waals surface area contributed by atoms with Gasteiger partial charge in [0.25, 0.3) is 0 Å². The smallest absolute Gasteiger partial charge is 0.434 e. The third kappa shape index (κ3) is 5.14. The Morgan fingerprint density at radius 2 is 1.83 bits per heavy atom. The molecule has 42 heavy (non-hydrogen) atoms. The fourth-order valence-corrected chi connectivity index (χ4v) is 5.27. The third-order valence-electron chi connectivity index (χ3n) is 7.50. The van der Waals surface area contributed by atoms with Crippen molar-refractivity contribution < 1.29 is 22.7 Å². The number of hydrogen-bond donors (Lipinski definition) is 1. The van der Waals surface area contributed by atoms with E-state index in [2.05, 4.69) is 25.3 Å². The van der Waals surface area contributed by atoms with Crippen LogP contribution in [0.25, 0.3) is 22.8 Å². The summed E-state index contributed by atoms with van der Waals surface area (Å²) in [5, 5.41) is 3.05. The number of hydrogen-bond acceptors (Lipinski definition) is 8. The SMILES string of the molecule is COc1ncnc(C2CC2)c1-c1ncc2c(n1)N(Cc1ccc(-c3nc(C(F)(F)F)cn3C)cc1)CC(=O)NC2(C)C.